The minimum absolute atomic E-state index is 0.246. The van der Waals surface area contributed by atoms with Crippen LogP contribution in [0.1, 0.15) is 20.3 Å². The Morgan fingerprint density at radius 1 is 1.69 bits per heavy atom. The Bertz CT molecular complexity index is 350. The van der Waals surface area contributed by atoms with Crippen LogP contribution in [0.4, 0.5) is 0 Å². The molecule has 6 heteroatoms. The van der Waals surface area contributed by atoms with E-state index in [1.165, 1.54) is 0 Å². The van der Waals surface area contributed by atoms with Crippen molar-refractivity contribution in [2.45, 2.75) is 38.9 Å². The van der Waals surface area contributed by atoms with E-state index in [-0.39, 0.29) is 18.0 Å². The Balaban J connectivity index is 2.46. The van der Waals surface area contributed by atoms with Crippen LogP contribution in [-0.4, -0.2) is 27.8 Å². The zero-order chi connectivity index (χ0) is 12.1. The first-order chi connectivity index (χ1) is 7.49. The van der Waals surface area contributed by atoms with Gasteiger partial charge in [0, 0.05) is 18.8 Å². The molecule has 0 aliphatic carbocycles. The van der Waals surface area contributed by atoms with Gasteiger partial charge in [-0.3, -0.25) is 9.48 Å². The maximum Gasteiger partial charge on any atom is 0.234 e. The summed E-state index contributed by atoms with van der Waals surface area (Å²) >= 11 is 2.20. The van der Waals surface area contributed by atoms with Crippen LogP contribution in [0.5, 0.6) is 0 Å². The van der Waals surface area contributed by atoms with Crippen molar-refractivity contribution >= 4 is 28.5 Å². The summed E-state index contributed by atoms with van der Waals surface area (Å²) in [5.41, 5.74) is 5.32. The summed E-state index contributed by atoms with van der Waals surface area (Å²) in [5, 5.41) is 7.29. The van der Waals surface area contributed by atoms with Gasteiger partial charge >= 0.3 is 0 Å². The quantitative estimate of drug-likeness (QED) is 0.753. The van der Waals surface area contributed by atoms with Crippen molar-refractivity contribution in [1.29, 1.82) is 0 Å². The molecule has 0 bridgehead atoms. The Kier molecular flexibility index (Phi) is 5.20. The second kappa shape index (κ2) is 6.19. The smallest absolute Gasteiger partial charge is 0.234 e. The molecule has 1 atom stereocenters. The molecule has 0 fully saturated rings. The van der Waals surface area contributed by atoms with Crippen LogP contribution in [0.3, 0.4) is 0 Å². The van der Waals surface area contributed by atoms with Crippen molar-refractivity contribution in [3.63, 3.8) is 0 Å². The molecule has 1 aromatic rings. The van der Waals surface area contributed by atoms with Gasteiger partial charge in [0.15, 0.2) is 0 Å². The van der Waals surface area contributed by atoms with Crippen LogP contribution in [0.2, 0.25) is 0 Å². The normalized spacial score (nSPS) is 13.0. The van der Waals surface area contributed by atoms with Crippen LogP contribution in [0.25, 0.3) is 0 Å². The molecule has 0 saturated heterocycles. The lowest BCUT2D eigenvalue weighted by molar-refractivity contribution is -0.120. The molecule has 0 aliphatic heterocycles. The van der Waals surface area contributed by atoms with Crippen LogP contribution >= 0.6 is 22.6 Å². The largest absolute Gasteiger partial charge is 0.368 e. The highest BCUT2D eigenvalue weighted by molar-refractivity contribution is 14.1. The molecule has 90 valence electrons. The third-order valence-electron chi connectivity index (χ3n) is 2.13. The molecule has 1 heterocycles. The average Bonchev–Trinajstić information content (AvgIpc) is 2.58. The molecule has 1 unspecified atom stereocenters. The van der Waals surface area contributed by atoms with Crippen molar-refractivity contribution in [2.24, 2.45) is 5.73 Å². The van der Waals surface area contributed by atoms with Gasteiger partial charge in [0.1, 0.15) is 0 Å². The number of primary amides is 1. The Morgan fingerprint density at radius 3 is 2.81 bits per heavy atom. The standard InChI is InChI=1S/C10H17IN4O/c1-7(2)14-9(10(12)16)3-4-15-6-8(11)5-13-15/h5-7,9,14H,3-4H2,1-2H3,(H2,12,16). The third-order valence-corrected chi connectivity index (χ3v) is 2.68. The van der Waals surface area contributed by atoms with E-state index in [2.05, 4.69) is 33.0 Å². The molecule has 0 aromatic carbocycles. The number of rotatable bonds is 6. The monoisotopic (exact) mass is 336 g/mol. The number of carbonyl (C=O) groups is 1. The van der Waals surface area contributed by atoms with Gasteiger partial charge in [0.05, 0.1) is 15.8 Å². The Morgan fingerprint density at radius 2 is 2.38 bits per heavy atom. The summed E-state index contributed by atoms with van der Waals surface area (Å²) in [4.78, 5) is 11.2. The van der Waals surface area contributed by atoms with E-state index in [4.69, 9.17) is 5.73 Å². The first kappa shape index (κ1) is 13.4. The SMILES string of the molecule is CC(C)NC(CCn1cc(I)cn1)C(N)=O. The van der Waals surface area contributed by atoms with Crippen molar-refractivity contribution in [3.05, 3.63) is 16.0 Å². The van der Waals surface area contributed by atoms with Gasteiger partial charge in [0.25, 0.3) is 0 Å². The molecule has 0 aliphatic rings. The van der Waals surface area contributed by atoms with E-state index >= 15 is 0 Å². The number of carbonyl (C=O) groups excluding carboxylic acids is 1. The second-order valence-corrected chi connectivity index (χ2v) is 5.23. The maximum atomic E-state index is 11.2. The van der Waals surface area contributed by atoms with Crippen LogP contribution < -0.4 is 11.1 Å². The van der Waals surface area contributed by atoms with Gasteiger partial charge in [-0.25, -0.2) is 0 Å². The lowest BCUT2D eigenvalue weighted by atomic mass is 10.1. The highest BCUT2D eigenvalue weighted by atomic mass is 127. The molecule has 1 aromatic heterocycles. The molecule has 3 N–H and O–H groups in total. The summed E-state index contributed by atoms with van der Waals surface area (Å²) in [6, 6.07) is -0.0443. The molecular formula is C10H17IN4O. The van der Waals surface area contributed by atoms with E-state index in [1.54, 1.807) is 6.20 Å². The first-order valence-electron chi connectivity index (χ1n) is 5.22. The predicted octanol–water partition coefficient (Wildman–Crippen LogP) is 0.730. The number of halogens is 1. The van der Waals surface area contributed by atoms with Crippen molar-refractivity contribution < 1.29 is 4.79 Å². The minimum atomic E-state index is -0.310. The lowest BCUT2D eigenvalue weighted by Gasteiger charge is -2.17. The van der Waals surface area contributed by atoms with E-state index in [0.717, 1.165) is 3.57 Å². The zero-order valence-electron chi connectivity index (χ0n) is 9.48. The van der Waals surface area contributed by atoms with Crippen LogP contribution in [-0.2, 0) is 11.3 Å². The number of nitrogens with two attached hydrogens (primary N) is 1. The molecule has 0 saturated carbocycles. The third kappa shape index (κ3) is 4.48. The fraction of sp³-hybridized carbons (Fsp3) is 0.600. The van der Waals surface area contributed by atoms with Crippen molar-refractivity contribution in [1.82, 2.24) is 15.1 Å². The zero-order valence-corrected chi connectivity index (χ0v) is 11.6. The predicted molar refractivity (Wildman–Crippen MR) is 70.8 cm³/mol. The number of hydrogen-bond donors (Lipinski definition) is 2. The average molecular weight is 336 g/mol. The molecule has 1 amide bonds. The van der Waals surface area contributed by atoms with Gasteiger partial charge < -0.3 is 11.1 Å². The molecule has 16 heavy (non-hydrogen) atoms. The first-order valence-corrected chi connectivity index (χ1v) is 6.30. The van der Waals surface area contributed by atoms with E-state index in [1.807, 2.05) is 24.7 Å². The van der Waals surface area contributed by atoms with E-state index < -0.39 is 0 Å². The van der Waals surface area contributed by atoms with Crippen LogP contribution in [0.15, 0.2) is 12.4 Å². The maximum absolute atomic E-state index is 11.2. The second-order valence-electron chi connectivity index (χ2n) is 3.99. The number of hydrogen-bond acceptors (Lipinski definition) is 3. The molecule has 0 radical (unpaired) electrons. The topological polar surface area (TPSA) is 72.9 Å². The molecule has 1 rings (SSSR count). The fourth-order valence-corrected chi connectivity index (χ4v) is 1.88. The lowest BCUT2D eigenvalue weighted by Crippen LogP contribution is -2.45. The Hall–Kier alpha value is -0.630. The number of nitrogens with zero attached hydrogens (tertiary/aromatic N) is 2. The summed E-state index contributed by atoms with van der Waals surface area (Å²) in [7, 11) is 0. The number of amides is 1. The summed E-state index contributed by atoms with van der Waals surface area (Å²) < 4.78 is 2.91. The van der Waals surface area contributed by atoms with Crippen molar-refractivity contribution in [2.75, 3.05) is 0 Å². The molecular weight excluding hydrogens is 319 g/mol. The molecule has 0 spiro atoms. The summed E-state index contributed by atoms with van der Waals surface area (Å²) in [5.74, 6) is -0.310. The number of aromatic nitrogens is 2. The highest BCUT2D eigenvalue weighted by Gasteiger charge is 2.15. The number of aryl methyl sites for hydroxylation is 1. The van der Waals surface area contributed by atoms with E-state index in [0.29, 0.717) is 13.0 Å². The van der Waals surface area contributed by atoms with Gasteiger partial charge in [-0.1, -0.05) is 13.8 Å². The molecule has 5 nitrogen and oxygen atoms in total. The number of nitrogens with one attached hydrogen (secondary N) is 1. The van der Waals surface area contributed by atoms with Crippen LogP contribution in [0, 0.1) is 3.57 Å². The van der Waals surface area contributed by atoms with Crippen molar-refractivity contribution in [3.8, 4) is 0 Å². The van der Waals surface area contributed by atoms with Gasteiger partial charge in [-0.2, -0.15) is 5.10 Å². The van der Waals surface area contributed by atoms with Gasteiger partial charge in [0.2, 0.25) is 5.91 Å². The summed E-state index contributed by atoms with van der Waals surface area (Å²) in [6.07, 6.45) is 4.38. The van der Waals surface area contributed by atoms with Gasteiger partial charge in [-0.15, -0.1) is 0 Å². The van der Waals surface area contributed by atoms with E-state index in [9.17, 15) is 4.79 Å². The Labute approximate surface area is 109 Å². The minimum Gasteiger partial charge on any atom is -0.368 e. The summed E-state index contributed by atoms with van der Waals surface area (Å²) in [6.45, 7) is 4.68. The highest BCUT2D eigenvalue weighted by Crippen LogP contribution is 2.03. The van der Waals surface area contributed by atoms with Gasteiger partial charge in [-0.05, 0) is 29.0 Å². The fourth-order valence-electron chi connectivity index (χ4n) is 1.43.